The van der Waals surface area contributed by atoms with Crippen LogP contribution in [0.25, 0.3) is 0 Å². The second-order valence-electron chi connectivity index (χ2n) is 9.32. The molecule has 3 rings (SSSR count). The molecule has 0 bridgehead atoms. The van der Waals surface area contributed by atoms with E-state index in [9.17, 15) is 17.6 Å². The summed E-state index contributed by atoms with van der Waals surface area (Å²) in [5.41, 5.74) is 2.71. The molecule has 0 spiro atoms. The van der Waals surface area contributed by atoms with Gasteiger partial charge in [-0.25, -0.2) is 17.5 Å². The van der Waals surface area contributed by atoms with Gasteiger partial charge in [0, 0.05) is 24.8 Å². The van der Waals surface area contributed by atoms with Gasteiger partial charge in [0.15, 0.2) is 0 Å². The van der Waals surface area contributed by atoms with Crippen LogP contribution >= 0.6 is 0 Å². The molecule has 1 amide bonds. The summed E-state index contributed by atoms with van der Waals surface area (Å²) in [6.45, 7) is 12.2. The highest BCUT2D eigenvalue weighted by atomic mass is 32.2. The van der Waals surface area contributed by atoms with Crippen molar-refractivity contribution in [3.8, 4) is 0 Å². The number of hydrogen-bond acceptors (Lipinski definition) is 5. The molecule has 174 valence electrons. The Hall–Kier alpha value is -2.61. The van der Waals surface area contributed by atoms with Crippen molar-refractivity contribution in [1.29, 1.82) is 0 Å². The van der Waals surface area contributed by atoms with Crippen molar-refractivity contribution in [2.75, 3.05) is 24.7 Å². The van der Waals surface area contributed by atoms with Gasteiger partial charge in [0.05, 0.1) is 17.5 Å². The fourth-order valence-corrected chi connectivity index (χ4v) is 4.80. The Morgan fingerprint density at radius 1 is 1.31 bits per heavy atom. The number of sulfonamides is 1. The van der Waals surface area contributed by atoms with E-state index >= 15 is 0 Å². The second-order valence-corrected chi connectivity index (χ2v) is 11.1. The SMILES string of the molecule is C=C(/C=C\C=C(/C)C1CC(C)(C)c2cc(F)cc(C(=O)NS(C)(=O)=O)c2N1)N1CCCC1. The number of halogens is 1. The fraction of sp³-hybridized carbons (Fsp3) is 0.458. The number of allylic oxidation sites excluding steroid dienone is 3. The van der Waals surface area contributed by atoms with E-state index in [0.29, 0.717) is 17.7 Å². The van der Waals surface area contributed by atoms with Gasteiger partial charge >= 0.3 is 0 Å². The average molecular weight is 462 g/mol. The van der Waals surface area contributed by atoms with Crippen molar-refractivity contribution >= 4 is 21.6 Å². The molecule has 0 saturated carbocycles. The number of fused-ring (bicyclic) bond motifs is 1. The first-order valence-electron chi connectivity index (χ1n) is 10.8. The lowest BCUT2D eigenvalue weighted by Gasteiger charge is -2.40. The molecule has 2 aliphatic heterocycles. The maximum Gasteiger partial charge on any atom is 0.266 e. The molecular weight excluding hydrogens is 429 g/mol. The molecule has 0 aliphatic carbocycles. The Morgan fingerprint density at radius 3 is 2.59 bits per heavy atom. The number of rotatable bonds is 6. The Balaban J connectivity index is 1.88. The normalized spacial score (nSPS) is 20.7. The lowest BCUT2D eigenvalue weighted by Crippen LogP contribution is -2.39. The highest BCUT2D eigenvalue weighted by molar-refractivity contribution is 7.89. The number of carbonyl (C=O) groups is 1. The zero-order chi connectivity index (χ0) is 23.7. The van der Waals surface area contributed by atoms with Crippen LogP contribution in [0.1, 0.15) is 56.0 Å². The Kier molecular flexibility index (Phi) is 6.83. The number of benzene rings is 1. The Bertz CT molecular complexity index is 1080. The largest absolute Gasteiger partial charge is 0.378 e. The van der Waals surface area contributed by atoms with Gasteiger partial charge in [-0.3, -0.25) is 4.79 Å². The van der Waals surface area contributed by atoms with E-state index in [1.165, 1.54) is 18.9 Å². The third kappa shape index (κ3) is 5.59. The zero-order valence-corrected chi connectivity index (χ0v) is 20.0. The molecule has 1 aromatic carbocycles. The van der Waals surface area contributed by atoms with Crippen LogP contribution in [0.15, 0.2) is 48.2 Å². The highest BCUT2D eigenvalue weighted by Crippen LogP contribution is 2.42. The lowest BCUT2D eigenvalue weighted by molar-refractivity contribution is 0.0981. The van der Waals surface area contributed by atoms with Crippen molar-refractivity contribution in [1.82, 2.24) is 9.62 Å². The molecule has 1 unspecified atom stereocenters. The van der Waals surface area contributed by atoms with Gasteiger partial charge in [-0.15, -0.1) is 0 Å². The van der Waals surface area contributed by atoms with Gasteiger partial charge in [-0.2, -0.15) is 0 Å². The molecule has 1 fully saturated rings. The number of anilines is 1. The van der Waals surface area contributed by atoms with E-state index in [4.69, 9.17) is 0 Å². The van der Waals surface area contributed by atoms with E-state index in [1.807, 2.05) is 43.7 Å². The molecule has 1 aromatic rings. The van der Waals surface area contributed by atoms with Gasteiger partial charge < -0.3 is 10.2 Å². The first-order chi connectivity index (χ1) is 14.9. The molecule has 8 heteroatoms. The Labute approximate surface area is 190 Å². The van der Waals surface area contributed by atoms with Crippen LogP contribution in [0.5, 0.6) is 0 Å². The Morgan fingerprint density at radius 2 is 1.97 bits per heavy atom. The van der Waals surface area contributed by atoms with E-state index < -0.39 is 27.2 Å². The number of nitrogens with zero attached hydrogens (tertiary/aromatic N) is 1. The monoisotopic (exact) mass is 461 g/mol. The van der Waals surface area contributed by atoms with Crippen molar-refractivity contribution in [2.45, 2.75) is 51.5 Å². The van der Waals surface area contributed by atoms with Crippen LogP contribution in [0.2, 0.25) is 0 Å². The van der Waals surface area contributed by atoms with Crippen LogP contribution in [0.4, 0.5) is 10.1 Å². The van der Waals surface area contributed by atoms with Crippen LogP contribution in [-0.2, 0) is 15.4 Å². The first-order valence-corrected chi connectivity index (χ1v) is 12.7. The molecule has 2 aliphatic rings. The van der Waals surface area contributed by atoms with E-state index in [2.05, 4.69) is 16.8 Å². The summed E-state index contributed by atoms with van der Waals surface area (Å²) in [4.78, 5) is 14.9. The first kappa shape index (κ1) is 24.0. The summed E-state index contributed by atoms with van der Waals surface area (Å²) in [7, 11) is -3.78. The van der Waals surface area contributed by atoms with E-state index in [1.54, 1.807) is 0 Å². The molecule has 0 radical (unpaired) electrons. The molecule has 1 atom stereocenters. The minimum atomic E-state index is -3.78. The van der Waals surface area contributed by atoms with Gasteiger partial charge in [-0.05, 0) is 55.4 Å². The predicted octanol–water partition coefficient (Wildman–Crippen LogP) is 4.09. The van der Waals surface area contributed by atoms with Crippen LogP contribution in [0, 0.1) is 5.82 Å². The number of nitrogens with one attached hydrogen (secondary N) is 2. The molecular formula is C24H32FN3O3S. The maximum atomic E-state index is 14.3. The molecule has 2 heterocycles. The molecule has 32 heavy (non-hydrogen) atoms. The summed E-state index contributed by atoms with van der Waals surface area (Å²) in [5.74, 6) is -1.43. The van der Waals surface area contributed by atoms with Gasteiger partial charge in [0.25, 0.3) is 5.91 Å². The van der Waals surface area contributed by atoms with Crippen LogP contribution in [0.3, 0.4) is 0 Å². The summed E-state index contributed by atoms with van der Waals surface area (Å²) in [5, 5.41) is 3.35. The number of hydrogen-bond donors (Lipinski definition) is 2. The topological polar surface area (TPSA) is 78.5 Å². The molecule has 1 saturated heterocycles. The third-order valence-corrected chi connectivity index (χ3v) is 6.65. The van der Waals surface area contributed by atoms with Gasteiger partial charge in [0.2, 0.25) is 10.0 Å². The van der Waals surface area contributed by atoms with Crippen molar-refractivity contribution in [3.63, 3.8) is 0 Å². The van der Waals surface area contributed by atoms with Gasteiger partial charge in [0.1, 0.15) is 5.82 Å². The van der Waals surface area contributed by atoms with E-state index in [0.717, 1.165) is 36.7 Å². The lowest BCUT2D eigenvalue weighted by atomic mass is 9.73. The smallest absolute Gasteiger partial charge is 0.266 e. The van der Waals surface area contributed by atoms with Crippen molar-refractivity contribution < 1.29 is 17.6 Å². The number of amides is 1. The fourth-order valence-electron chi connectivity index (χ4n) is 4.36. The summed E-state index contributed by atoms with van der Waals surface area (Å²) in [6, 6.07) is 2.39. The molecule has 2 N–H and O–H groups in total. The third-order valence-electron chi connectivity index (χ3n) is 6.10. The summed E-state index contributed by atoms with van der Waals surface area (Å²) in [6.07, 6.45) is 9.96. The maximum absolute atomic E-state index is 14.3. The van der Waals surface area contributed by atoms with Crippen molar-refractivity contribution in [3.05, 3.63) is 65.2 Å². The minimum absolute atomic E-state index is 0.0195. The number of carbonyl (C=O) groups excluding carboxylic acids is 1. The minimum Gasteiger partial charge on any atom is -0.378 e. The number of likely N-dealkylation sites (tertiary alicyclic amines) is 1. The average Bonchev–Trinajstić information content (AvgIpc) is 3.21. The van der Waals surface area contributed by atoms with Crippen LogP contribution in [-0.4, -0.2) is 44.6 Å². The van der Waals surface area contributed by atoms with Crippen molar-refractivity contribution in [2.24, 2.45) is 0 Å². The zero-order valence-electron chi connectivity index (χ0n) is 19.2. The summed E-state index contributed by atoms with van der Waals surface area (Å²) >= 11 is 0. The second kappa shape index (κ2) is 9.10. The van der Waals surface area contributed by atoms with Gasteiger partial charge in [-0.1, -0.05) is 38.2 Å². The van der Waals surface area contributed by atoms with Crippen LogP contribution < -0.4 is 10.0 Å². The van der Waals surface area contributed by atoms with E-state index in [-0.39, 0.29) is 11.6 Å². The summed E-state index contributed by atoms with van der Waals surface area (Å²) < 4.78 is 39.4. The quantitative estimate of drug-likeness (QED) is 0.624. The molecule has 0 aromatic heterocycles. The highest BCUT2D eigenvalue weighted by Gasteiger charge is 2.36. The molecule has 6 nitrogen and oxygen atoms in total. The standard InChI is InChI=1S/C24H32FN3O3S/c1-16(9-8-10-17(2)28-11-6-7-12-28)21-15-24(3,4)20-14-18(25)13-19(22(20)26-21)23(29)27-32(5,30)31/h8-10,13-14,21,26H,2,6-7,11-12,15H2,1,3-5H3,(H,27,29)/b10-8-,16-9+. The predicted molar refractivity (Wildman–Crippen MR) is 127 cm³/mol.